The molecule has 0 bridgehead atoms. The van der Waals surface area contributed by atoms with Crippen LogP contribution in [-0.4, -0.2) is 17.3 Å². The van der Waals surface area contributed by atoms with Gasteiger partial charge in [-0.2, -0.15) is 0 Å². The Bertz CT molecular complexity index is 210. The molecular formula is C12H22ClNO. The Labute approximate surface area is 97.8 Å². The summed E-state index contributed by atoms with van der Waals surface area (Å²) >= 11 is 5.69. The molecule has 15 heavy (non-hydrogen) atoms. The van der Waals surface area contributed by atoms with Crippen molar-refractivity contribution in [3.8, 4) is 0 Å². The van der Waals surface area contributed by atoms with Crippen molar-refractivity contribution in [3.05, 3.63) is 0 Å². The Morgan fingerprint density at radius 2 is 2.00 bits per heavy atom. The van der Waals surface area contributed by atoms with Gasteiger partial charge in [0.05, 0.1) is 0 Å². The SMILES string of the molecule is CC(C)(CCCl)NC(=O)CC1CCCC1. The van der Waals surface area contributed by atoms with Crippen LogP contribution in [0.15, 0.2) is 0 Å². The van der Waals surface area contributed by atoms with Crippen LogP contribution >= 0.6 is 11.6 Å². The Kier molecular flexibility index (Phi) is 4.91. The number of halogens is 1. The molecule has 1 saturated carbocycles. The average molecular weight is 232 g/mol. The maximum Gasteiger partial charge on any atom is 0.220 e. The molecule has 0 atom stereocenters. The van der Waals surface area contributed by atoms with Gasteiger partial charge in [-0.3, -0.25) is 4.79 Å². The number of rotatable bonds is 5. The molecule has 0 aliphatic heterocycles. The fourth-order valence-electron chi connectivity index (χ4n) is 2.20. The van der Waals surface area contributed by atoms with Gasteiger partial charge in [-0.25, -0.2) is 0 Å². The summed E-state index contributed by atoms with van der Waals surface area (Å²) in [6.07, 6.45) is 6.56. The molecule has 1 aliphatic carbocycles. The van der Waals surface area contributed by atoms with Crippen molar-refractivity contribution in [3.63, 3.8) is 0 Å². The zero-order valence-corrected chi connectivity index (χ0v) is 10.6. The van der Waals surface area contributed by atoms with E-state index in [9.17, 15) is 4.79 Å². The molecule has 0 saturated heterocycles. The van der Waals surface area contributed by atoms with Crippen molar-refractivity contribution in [1.82, 2.24) is 5.32 Å². The van der Waals surface area contributed by atoms with Crippen molar-refractivity contribution in [2.75, 3.05) is 5.88 Å². The minimum absolute atomic E-state index is 0.155. The van der Waals surface area contributed by atoms with E-state index in [0.29, 0.717) is 18.2 Å². The van der Waals surface area contributed by atoms with Crippen LogP contribution in [0, 0.1) is 5.92 Å². The van der Waals surface area contributed by atoms with Crippen LogP contribution in [-0.2, 0) is 4.79 Å². The van der Waals surface area contributed by atoms with E-state index in [2.05, 4.69) is 5.32 Å². The highest BCUT2D eigenvalue weighted by Crippen LogP contribution is 2.27. The number of nitrogens with one attached hydrogen (secondary N) is 1. The van der Waals surface area contributed by atoms with E-state index < -0.39 is 0 Å². The molecule has 88 valence electrons. The summed E-state index contributed by atoms with van der Waals surface area (Å²) in [7, 11) is 0. The van der Waals surface area contributed by atoms with Crippen molar-refractivity contribution < 1.29 is 4.79 Å². The molecule has 1 N–H and O–H groups in total. The highest BCUT2D eigenvalue weighted by Gasteiger charge is 2.23. The monoisotopic (exact) mass is 231 g/mol. The molecule has 1 fully saturated rings. The van der Waals surface area contributed by atoms with Gasteiger partial charge >= 0.3 is 0 Å². The number of amides is 1. The van der Waals surface area contributed by atoms with Crippen LogP contribution in [0.1, 0.15) is 52.4 Å². The molecule has 0 unspecified atom stereocenters. The van der Waals surface area contributed by atoms with Gasteiger partial charge in [0.15, 0.2) is 0 Å². The second kappa shape index (κ2) is 5.74. The Morgan fingerprint density at radius 1 is 1.40 bits per heavy atom. The first-order chi connectivity index (χ1) is 7.03. The maximum absolute atomic E-state index is 11.7. The van der Waals surface area contributed by atoms with Gasteiger partial charge in [-0.05, 0) is 39.0 Å². The molecule has 3 heteroatoms. The standard InChI is InChI=1S/C12H22ClNO/c1-12(2,7-8-13)14-11(15)9-10-5-3-4-6-10/h10H,3-9H2,1-2H3,(H,14,15). The normalized spacial score (nSPS) is 18.1. The van der Waals surface area contributed by atoms with Crippen molar-refractivity contribution >= 4 is 17.5 Å². The van der Waals surface area contributed by atoms with E-state index in [-0.39, 0.29) is 11.4 Å². The summed E-state index contributed by atoms with van der Waals surface area (Å²) in [6, 6.07) is 0. The van der Waals surface area contributed by atoms with Gasteiger partial charge in [0.1, 0.15) is 0 Å². The van der Waals surface area contributed by atoms with Crippen LogP contribution in [0.5, 0.6) is 0 Å². The number of alkyl halides is 1. The lowest BCUT2D eigenvalue weighted by Gasteiger charge is -2.26. The topological polar surface area (TPSA) is 29.1 Å². The highest BCUT2D eigenvalue weighted by molar-refractivity contribution is 6.17. The zero-order valence-electron chi connectivity index (χ0n) is 9.81. The molecule has 2 nitrogen and oxygen atoms in total. The summed E-state index contributed by atoms with van der Waals surface area (Å²) in [5, 5.41) is 3.06. The minimum Gasteiger partial charge on any atom is -0.351 e. The van der Waals surface area contributed by atoms with Crippen LogP contribution < -0.4 is 5.32 Å². The summed E-state index contributed by atoms with van der Waals surface area (Å²) in [6.45, 7) is 4.06. The van der Waals surface area contributed by atoms with Crippen LogP contribution in [0.2, 0.25) is 0 Å². The first-order valence-corrected chi connectivity index (χ1v) is 6.44. The fraction of sp³-hybridized carbons (Fsp3) is 0.917. The van der Waals surface area contributed by atoms with Gasteiger partial charge in [0.2, 0.25) is 5.91 Å². The predicted octanol–water partition coefficient (Wildman–Crippen LogP) is 3.09. The number of hydrogen-bond donors (Lipinski definition) is 1. The summed E-state index contributed by atoms with van der Waals surface area (Å²) in [5.41, 5.74) is -0.155. The largest absolute Gasteiger partial charge is 0.351 e. The maximum atomic E-state index is 11.7. The third-order valence-electron chi connectivity index (χ3n) is 3.15. The fourth-order valence-corrected chi connectivity index (χ4v) is 2.68. The van der Waals surface area contributed by atoms with Crippen molar-refractivity contribution in [2.45, 2.75) is 57.9 Å². The molecule has 0 spiro atoms. The second-order valence-electron chi connectivity index (χ2n) is 5.23. The van der Waals surface area contributed by atoms with Gasteiger partial charge in [-0.15, -0.1) is 11.6 Å². The van der Waals surface area contributed by atoms with E-state index in [4.69, 9.17) is 11.6 Å². The lowest BCUT2D eigenvalue weighted by molar-refractivity contribution is -0.123. The average Bonchev–Trinajstić information content (AvgIpc) is 2.54. The van der Waals surface area contributed by atoms with E-state index in [1.807, 2.05) is 13.8 Å². The van der Waals surface area contributed by atoms with Crippen molar-refractivity contribution in [1.29, 1.82) is 0 Å². The summed E-state index contributed by atoms with van der Waals surface area (Å²) < 4.78 is 0. The molecule has 0 aromatic rings. The Balaban J connectivity index is 2.27. The predicted molar refractivity (Wildman–Crippen MR) is 64.1 cm³/mol. The lowest BCUT2D eigenvalue weighted by atomic mass is 9.99. The molecule has 1 amide bonds. The number of hydrogen-bond acceptors (Lipinski definition) is 1. The van der Waals surface area contributed by atoms with Gasteiger partial charge < -0.3 is 5.32 Å². The summed E-state index contributed by atoms with van der Waals surface area (Å²) in [5.74, 6) is 1.41. The molecule has 0 aromatic carbocycles. The quantitative estimate of drug-likeness (QED) is 0.724. The number of carbonyl (C=O) groups excluding carboxylic acids is 1. The minimum atomic E-state index is -0.155. The number of carbonyl (C=O) groups is 1. The van der Waals surface area contributed by atoms with E-state index in [0.717, 1.165) is 6.42 Å². The van der Waals surface area contributed by atoms with Gasteiger partial charge in [-0.1, -0.05) is 12.8 Å². The van der Waals surface area contributed by atoms with E-state index in [1.165, 1.54) is 25.7 Å². The van der Waals surface area contributed by atoms with E-state index >= 15 is 0 Å². The van der Waals surface area contributed by atoms with Gasteiger partial charge in [0, 0.05) is 17.8 Å². The first kappa shape index (κ1) is 12.8. The second-order valence-corrected chi connectivity index (χ2v) is 5.60. The van der Waals surface area contributed by atoms with Gasteiger partial charge in [0.25, 0.3) is 0 Å². The van der Waals surface area contributed by atoms with E-state index in [1.54, 1.807) is 0 Å². The zero-order chi connectivity index (χ0) is 11.3. The molecule has 1 aliphatic rings. The third-order valence-corrected chi connectivity index (χ3v) is 3.34. The smallest absolute Gasteiger partial charge is 0.220 e. The van der Waals surface area contributed by atoms with Crippen molar-refractivity contribution in [2.24, 2.45) is 5.92 Å². The molecule has 0 heterocycles. The lowest BCUT2D eigenvalue weighted by Crippen LogP contribution is -2.44. The third kappa shape index (κ3) is 4.87. The van der Waals surface area contributed by atoms with Crippen LogP contribution in [0.4, 0.5) is 0 Å². The summed E-state index contributed by atoms with van der Waals surface area (Å²) in [4.78, 5) is 11.7. The highest BCUT2D eigenvalue weighted by atomic mass is 35.5. The molecule has 0 radical (unpaired) electrons. The molecular weight excluding hydrogens is 210 g/mol. The Hall–Kier alpha value is -0.240. The molecule has 1 rings (SSSR count). The van der Waals surface area contributed by atoms with Crippen LogP contribution in [0.3, 0.4) is 0 Å². The molecule has 0 aromatic heterocycles. The van der Waals surface area contributed by atoms with Crippen LogP contribution in [0.25, 0.3) is 0 Å². The first-order valence-electron chi connectivity index (χ1n) is 5.90. The Morgan fingerprint density at radius 3 is 2.53 bits per heavy atom.